The Bertz CT molecular complexity index is 1150. The molecule has 0 radical (unpaired) electrons. The molecule has 4 rings (SSSR count). The lowest BCUT2D eigenvalue weighted by Gasteiger charge is -2.37. The number of hydrogen-bond acceptors (Lipinski definition) is 4. The fraction of sp³-hybridized carbons (Fsp3) is 0.261. The molecule has 1 unspecified atom stereocenters. The highest BCUT2D eigenvalue weighted by Gasteiger charge is 2.34. The van der Waals surface area contributed by atoms with Crippen molar-refractivity contribution in [3.63, 3.8) is 0 Å². The monoisotopic (exact) mass is 456 g/mol. The van der Waals surface area contributed by atoms with Crippen LogP contribution < -0.4 is 5.32 Å². The molecular weight excluding hydrogens is 435 g/mol. The Labute approximate surface area is 190 Å². The molecule has 0 saturated heterocycles. The predicted octanol–water partition coefficient (Wildman–Crippen LogP) is 5.99. The van der Waals surface area contributed by atoms with E-state index >= 15 is 0 Å². The van der Waals surface area contributed by atoms with Gasteiger partial charge in [-0.25, -0.2) is 4.39 Å². The molecule has 0 fully saturated rings. The molecule has 160 valence electrons. The first kappa shape index (κ1) is 21.5. The predicted molar refractivity (Wildman–Crippen MR) is 124 cm³/mol. The van der Waals surface area contributed by atoms with Gasteiger partial charge in [0.1, 0.15) is 5.82 Å². The summed E-state index contributed by atoms with van der Waals surface area (Å²) in [6.45, 7) is 4.92. The van der Waals surface area contributed by atoms with Crippen LogP contribution in [-0.2, 0) is 0 Å². The molecule has 1 N–H and O–H groups in total. The van der Waals surface area contributed by atoms with Crippen molar-refractivity contribution in [1.82, 2.24) is 20.4 Å². The molecule has 3 aromatic rings. The highest BCUT2D eigenvalue weighted by molar-refractivity contribution is 7.80. The lowest BCUT2D eigenvalue weighted by molar-refractivity contribution is 0.395. The molecule has 1 aliphatic rings. The number of thiocarbonyl (C=S) groups is 1. The van der Waals surface area contributed by atoms with Crippen LogP contribution in [0.25, 0.3) is 17.0 Å². The topological polar surface area (TPSA) is 54.2 Å². The molecule has 0 bridgehead atoms. The van der Waals surface area contributed by atoms with Crippen LogP contribution in [0.4, 0.5) is 4.39 Å². The van der Waals surface area contributed by atoms with Gasteiger partial charge in [-0.1, -0.05) is 54.4 Å². The standard InChI is InChI=1S/C23H22ClFN4OS/c1-3-4-11-29-14(2)19(20(26-23(29)31)15-7-5-9-17(24)12-15)22-27-21(28-30-22)16-8-6-10-18(25)13-16/h5-10,12-13,20H,3-4,11H2,1-2H3,(H,26,31). The largest absolute Gasteiger partial charge is 0.351 e. The van der Waals surface area contributed by atoms with Gasteiger partial charge in [0.15, 0.2) is 5.11 Å². The Balaban J connectivity index is 1.81. The minimum Gasteiger partial charge on any atom is -0.351 e. The number of aromatic nitrogens is 2. The van der Waals surface area contributed by atoms with E-state index in [1.54, 1.807) is 12.1 Å². The van der Waals surface area contributed by atoms with E-state index in [0.29, 0.717) is 27.4 Å². The van der Waals surface area contributed by atoms with Gasteiger partial charge in [-0.2, -0.15) is 4.98 Å². The van der Waals surface area contributed by atoms with Crippen LogP contribution in [-0.4, -0.2) is 26.7 Å². The molecule has 0 amide bonds. The fourth-order valence-electron chi connectivity index (χ4n) is 3.66. The van der Waals surface area contributed by atoms with Crippen molar-refractivity contribution in [3.8, 4) is 11.4 Å². The smallest absolute Gasteiger partial charge is 0.258 e. The Morgan fingerprint density at radius 1 is 1.23 bits per heavy atom. The third-order valence-corrected chi connectivity index (χ3v) is 5.83. The Kier molecular flexibility index (Phi) is 6.34. The minimum absolute atomic E-state index is 0.301. The van der Waals surface area contributed by atoms with Gasteiger partial charge in [0.2, 0.25) is 5.82 Å². The van der Waals surface area contributed by atoms with Gasteiger partial charge in [-0.3, -0.25) is 0 Å². The van der Waals surface area contributed by atoms with Gasteiger partial charge in [-0.05, 0) is 55.4 Å². The highest BCUT2D eigenvalue weighted by Crippen LogP contribution is 2.38. The van der Waals surface area contributed by atoms with Crippen molar-refractivity contribution in [2.24, 2.45) is 0 Å². The van der Waals surface area contributed by atoms with Crippen LogP contribution in [0, 0.1) is 5.82 Å². The van der Waals surface area contributed by atoms with Crippen LogP contribution in [0.15, 0.2) is 58.8 Å². The van der Waals surface area contributed by atoms with Gasteiger partial charge in [0.05, 0.1) is 11.6 Å². The second kappa shape index (κ2) is 9.16. The minimum atomic E-state index is -0.355. The van der Waals surface area contributed by atoms with Crippen LogP contribution in [0.1, 0.15) is 44.2 Å². The molecule has 0 spiro atoms. The Hall–Kier alpha value is -2.77. The summed E-state index contributed by atoms with van der Waals surface area (Å²) in [7, 11) is 0. The number of nitrogens with one attached hydrogen (secondary N) is 1. The summed E-state index contributed by atoms with van der Waals surface area (Å²) in [6.07, 6.45) is 2.04. The zero-order chi connectivity index (χ0) is 22.0. The summed E-state index contributed by atoms with van der Waals surface area (Å²) >= 11 is 11.9. The molecule has 31 heavy (non-hydrogen) atoms. The maximum atomic E-state index is 13.7. The third kappa shape index (κ3) is 4.48. The van der Waals surface area contributed by atoms with Crippen molar-refractivity contribution >= 4 is 34.5 Å². The van der Waals surface area contributed by atoms with Crippen molar-refractivity contribution in [1.29, 1.82) is 0 Å². The second-order valence-corrected chi connectivity index (χ2v) is 8.20. The molecular formula is C23H22ClFN4OS. The number of rotatable bonds is 6. The SMILES string of the molecule is CCCCN1C(=S)NC(c2cccc(Cl)c2)C(c2nc(-c3cccc(F)c3)no2)=C1C. The maximum Gasteiger partial charge on any atom is 0.258 e. The quantitative estimate of drug-likeness (QED) is 0.459. The highest BCUT2D eigenvalue weighted by atomic mass is 35.5. The van der Waals surface area contributed by atoms with E-state index in [1.165, 1.54) is 12.1 Å². The van der Waals surface area contributed by atoms with Gasteiger partial charge in [0, 0.05) is 22.8 Å². The summed E-state index contributed by atoms with van der Waals surface area (Å²) in [4.78, 5) is 6.65. The molecule has 0 saturated carbocycles. The maximum absolute atomic E-state index is 13.7. The van der Waals surface area contributed by atoms with Crippen LogP contribution in [0.2, 0.25) is 5.02 Å². The molecule has 5 nitrogen and oxygen atoms in total. The second-order valence-electron chi connectivity index (χ2n) is 7.38. The molecule has 1 atom stereocenters. The number of allylic oxidation sites excluding steroid dienone is 1. The first-order valence-corrected chi connectivity index (χ1v) is 10.9. The van der Waals surface area contributed by atoms with E-state index in [9.17, 15) is 4.39 Å². The lowest BCUT2D eigenvalue weighted by Crippen LogP contribution is -2.46. The van der Waals surface area contributed by atoms with E-state index in [4.69, 9.17) is 28.3 Å². The molecule has 1 aliphatic heterocycles. The zero-order valence-electron chi connectivity index (χ0n) is 17.2. The molecule has 0 aliphatic carbocycles. The van der Waals surface area contributed by atoms with Crippen LogP contribution in [0.3, 0.4) is 0 Å². The molecule has 8 heteroatoms. The van der Waals surface area contributed by atoms with E-state index in [1.807, 2.05) is 31.2 Å². The summed E-state index contributed by atoms with van der Waals surface area (Å²) in [6, 6.07) is 13.4. The number of unbranched alkanes of at least 4 members (excludes halogenated alkanes) is 1. The van der Waals surface area contributed by atoms with E-state index in [2.05, 4.69) is 27.3 Å². The number of benzene rings is 2. The van der Waals surface area contributed by atoms with Crippen molar-refractivity contribution in [2.45, 2.75) is 32.7 Å². The number of hydrogen-bond donors (Lipinski definition) is 1. The molecule has 2 aromatic carbocycles. The fourth-order valence-corrected chi connectivity index (χ4v) is 4.20. The average molecular weight is 457 g/mol. The zero-order valence-corrected chi connectivity index (χ0v) is 18.8. The number of halogens is 2. The summed E-state index contributed by atoms with van der Waals surface area (Å²) < 4.78 is 19.3. The van der Waals surface area contributed by atoms with E-state index in [0.717, 1.165) is 36.2 Å². The average Bonchev–Trinajstić information content (AvgIpc) is 3.23. The summed E-state index contributed by atoms with van der Waals surface area (Å²) in [5.41, 5.74) is 3.25. The van der Waals surface area contributed by atoms with Crippen LogP contribution >= 0.6 is 23.8 Å². The van der Waals surface area contributed by atoms with Crippen molar-refractivity contribution in [2.75, 3.05) is 6.54 Å². The number of nitrogens with zero attached hydrogens (tertiary/aromatic N) is 3. The van der Waals surface area contributed by atoms with Gasteiger partial charge in [-0.15, -0.1) is 0 Å². The van der Waals surface area contributed by atoms with Crippen LogP contribution in [0.5, 0.6) is 0 Å². The van der Waals surface area contributed by atoms with E-state index < -0.39 is 0 Å². The Morgan fingerprint density at radius 2 is 2.03 bits per heavy atom. The molecule has 2 heterocycles. The summed E-state index contributed by atoms with van der Waals surface area (Å²) in [5, 5.41) is 8.78. The first-order chi connectivity index (χ1) is 15.0. The van der Waals surface area contributed by atoms with Gasteiger partial charge in [0.25, 0.3) is 5.89 Å². The Morgan fingerprint density at radius 3 is 2.77 bits per heavy atom. The van der Waals surface area contributed by atoms with E-state index in [-0.39, 0.29) is 11.9 Å². The van der Waals surface area contributed by atoms with Crippen molar-refractivity contribution in [3.05, 3.63) is 76.5 Å². The van der Waals surface area contributed by atoms with Gasteiger partial charge >= 0.3 is 0 Å². The normalized spacial score (nSPS) is 16.6. The third-order valence-electron chi connectivity index (χ3n) is 5.25. The van der Waals surface area contributed by atoms with Crippen molar-refractivity contribution < 1.29 is 8.91 Å². The lowest BCUT2D eigenvalue weighted by atomic mass is 9.94. The summed E-state index contributed by atoms with van der Waals surface area (Å²) in [5.74, 6) is 0.331. The van der Waals surface area contributed by atoms with Gasteiger partial charge < -0.3 is 14.7 Å². The molecule has 1 aromatic heterocycles. The first-order valence-electron chi connectivity index (χ1n) is 10.1.